The molecular weight excluding hydrogens is 272 g/mol. The van der Waals surface area contributed by atoms with Crippen molar-refractivity contribution in [3.05, 3.63) is 38.9 Å². The number of halogens is 1. The molecule has 0 aliphatic rings. The van der Waals surface area contributed by atoms with Crippen LogP contribution in [-0.2, 0) is 0 Å². The second-order valence-electron chi connectivity index (χ2n) is 4.14. The van der Waals surface area contributed by atoms with Crippen LogP contribution in [0, 0.1) is 10.1 Å². The minimum atomic E-state index is -0.642. The lowest BCUT2D eigenvalue weighted by Crippen LogP contribution is -2.26. The van der Waals surface area contributed by atoms with Gasteiger partial charge in [0.25, 0.3) is 11.6 Å². The highest BCUT2D eigenvalue weighted by Crippen LogP contribution is 2.25. The molecule has 19 heavy (non-hydrogen) atoms. The van der Waals surface area contributed by atoms with Crippen molar-refractivity contribution in [3.63, 3.8) is 0 Å². The van der Waals surface area contributed by atoms with Crippen molar-refractivity contribution >= 4 is 23.2 Å². The van der Waals surface area contributed by atoms with Gasteiger partial charge in [-0.3, -0.25) is 14.9 Å². The van der Waals surface area contributed by atoms with Gasteiger partial charge in [0.2, 0.25) is 0 Å². The van der Waals surface area contributed by atoms with Crippen LogP contribution in [0.25, 0.3) is 0 Å². The van der Waals surface area contributed by atoms with Crippen molar-refractivity contribution < 1.29 is 14.8 Å². The number of nitrogens with one attached hydrogen (secondary N) is 1. The lowest BCUT2D eigenvalue weighted by molar-refractivity contribution is -0.385. The second kappa shape index (κ2) is 7.06. The molecule has 0 bridgehead atoms. The molecule has 0 fully saturated rings. The fourth-order valence-corrected chi connectivity index (χ4v) is 1.83. The van der Waals surface area contributed by atoms with Crippen LogP contribution in [0.3, 0.4) is 0 Å². The Morgan fingerprint density at radius 1 is 1.58 bits per heavy atom. The van der Waals surface area contributed by atoms with Gasteiger partial charge < -0.3 is 10.4 Å². The molecule has 1 aromatic carbocycles. The zero-order valence-electron chi connectivity index (χ0n) is 10.4. The number of carbonyl (C=O) groups is 1. The van der Waals surface area contributed by atoms with E-state index in [1.54, 1.807) is 6.92 Å². The summed E-state index contributed by atoms with van der Waals surface area (Å²) in [6.07, 6.45) is 0.693. The summed E-state index contributed by atoms with van der Waals surface area (Å²) in [5, 5.41) is 22.5. The largest absolute Gasteiger partial charge is 0.393 e. The molecule has 1 amide bonds. The van der Waals surface area contributed by atoms with Crippen LogP contribution >= 0.6 is 11.6 Å². The first-order valence-corrected chi connectivity index (χ1v) is 6.20. The predicted molar refractivity (Wildman–Crippen MR) is 71.4 cm³/mol. The Morgan fingerprint density at radius 3 is 2.84 bits per heavy atom. The van der Waals surface area contributed by atoms with Crippen LogP contribution in [0.15, 0.2) is 18.2 Å². The Balaban J connectivity index is 2.74. The summed E-state index contributed by atoms with van der Waals surface area (Å²) < 4.78 is 0. The van der Waals surface area contributed by atoms with Gasteiger partial charge in [0, 0.05) is 12.6 Å². The summed E-state index contributed by atoms with van der Waals surface area (Å²) >= 11 is 5.83. The zero-order chi connectivity index (χ0) is 14.4. The molecule has 0 radical (unpaired) electrons. The molecule has 104 valence electrons. The smallest absolute Gasteiger partial charge is 0.283 e. The van der Waals surface area contributed by atoms with E-state index in [9.17, 15) is 14.9 Å². The van der Waals surface area contributed by atoms with Crippen molar-refractivity contribution in [1.29, 1.82) is 0 Å². The normalized spacial score (nSPS) is 11.9. The molecule has 1 unspecified atom stereocenters. The summed E-state index contributed by atoms with van der Waals surface area (Å²) in [4.78, 5) is 22.1. The van der Waals surface area contributed by atoms with Gasteiger partial charge in [0.05, 0.1) is 16.0 Å². The van der Waals surface area contributed by atoms with Crippen molar-refractivity contribution in [2.45, 2.75) is 25.9 Å². The SMILES string of the molecule is CC(O)CCCNC(=O)c1c(Cl)cccc1[N+](=O)[O-]. The standard InChI is InChI=1S/C12H15ClN2O4/c1-8(16)4-3-7-14-12(17)11-9(13)5-2-6-10(11)15(18)19/h2,5-6,8,16H,3-4,7H2,1H3,(H,14,17). The Morgan fingerprint density at radius 2 is 2.26 bits per heavy atom. The number of nitro benzene ring substituents is 1. The van der Waals surface area contributed by atoms with Crippen LogP contribution in [-0.4, -0.2) is 28.6 Å². The molecular formula is C12H15ClN2O4. The molecule has 1 rings (SSSR count). The van der Waals surface area contributed by atoms with E-state index in [0.29, 0.717) is 19.4 Å². The molecule has 0 saturated heterocycles. The van der Waals surface area contributed by atoms with Gasteiger partial charge in [-0.15, -0.1) is 0 Å². The first-order valence-electron chi connectivity index (χ1n) is 5.82. The summed E-state index contributed by atoms with van der Waals surface area (Å²) in [6, 6.07) is 4.08. The molecule has 6 nitrogen and oxygen atoms in total. The van der Waals surface area contributed by atoms with Crippen LogP contribution in [0.1, 0.15) is 30.1 Å². The van der Waals surface area contributed by atoms with Crippen molar-refractivity contribution in [1.82, 2.24) is 5.32 Å². The number of aliphatic hydroxyl groups is 1. The van der Waals surface area contributed by atoms with E-state index in [0.717, 1.165) is 0 Å². The quantitative estimate of drug-likeness (QED) is 0.476. The van der Waals surface area contributed by atoms with Gasteiger partial charge >= 0.3 is 0 Å². The van der Waals surface area contributed by atoms with Crippen LogP contribution in [0.4, 0.5) is 5.69 Å². The van der Waals surface area contributed by atoms with E-state index in [1.807, 2.05) is 0 Å². The molecule has 0 aliphatic carbocycles. The maximum atomic E-state index is 11.9. The predicted octanol–water partition coefficient (Wildman–Crippen LogP) is 2.14. The lowest BCUT2D eigenvalue weighted by atomic mass is 10.1. The maximum Gasteiger partial charge on any atom is 0.283 e. The lowest BCUT2D eigenvalue weighted by Gasteiger charge is -2.08. The summed E-state index contributed by atoms with van der Waals surface area (Å²) in [5.41, 5.74) is -0.452. The van der Waals surface area contributed by atoms with E-state index in [-0.39, 0.29) is 16.3 Å². The first kappa shape index (κ1) is 15.4. The van der Waals surface area contributed by atoms with Gasteiger partial charge in [-0.2, -0.15) is 0 Å². The van der Waals surface area contributed by atoms with Crippen LogP contribution in [0.5, 0.6) is 0 Å². The van der Waals surface area contributed by atoms with E-state index in [2.05, 4.69) is 5.32 Å². The number of carbonyl (C=O) groups excluding carboxylic acids is 1. The zero-order valence-corrected chi connectivity index (χ0v) is 11.2. The molecule has 0 aliphatic heterocycles. The number of benzene rings is 1. The number of nitro groups is 1. The molecule has 0 aromatic heterocycles. The number of rotatable bonds is 6. The molecule has 7 heteroatoms. The minimum absolute atomic E-state index is 0.0437. The highest BCUT2D eigenvalue weighted by atomic mass is 35.5. The summed E-state index contributed by atoms with van der Waals surface area (Å²) in [5.74, 6) is -0.581. The third kappa shape index (κ3) is 4.50. The van der Waals surface area contributed by atoms with Gasteiger partial charge in [-0.05, 0) is 25.8 Å². The second-order valence-corrected chi connectivity index (χ2v) is 4.55. The Bertz CT molecular complexity index is 477. The minimum Gasteiger partial charge on any atom is -0.393 e. The van der Waals surface area contributed by atoms with Gasteiger partial charge in [0.15, 0.2) is 0 Å². The number of aliphatic hydroxyl groups excluding tert-OH is 1. The number of hydrogen-bond donors (Lipinski definition) is 2. The maximum absolute atomic E-state index is 11.9. The van der Waals surface area contributed by atoms with Crippen molar-refractivity contribution in [2.75, 3.05) is 6.54 Å². The highest BCUT2D eigenvalue weighted by molar-refractivity contribution is 6.34. The van der Waals surface area contributed by atoms with Gasteiger partial charge in [-0.1, -0.05) is 17.7 Å². The Kier molecular flexibility index (Phi) is 5.72. The molecule has 0 heterocycles. The monoisotopic (exact) mass is 286 g/mol. The number of hydrogen-bond acceptors (Lipinski definition) is 4. The molecule has 2 N–H and O–H groups in total. The third-order valence-electron chi connectivity index (χ3n) is 2.50. The third-order valence-corrected chi connectivity index (χ3v) is 2.81. The molecule has 0 saturated carbocycles. The molecule has 1 aromatic rings. The van der Waals surface area contributed by atoms with Crippen molar-refractivity contribution in [2.24, 2.45) is 0 Å². The van der Waals surface area contributed by atoms with Gasteiger partial charge in [-0.25, -0.2) is 0 Å². The molecule has 1 atom stereocenters. The van der Waals surface area contributed by atoms with Gasteiger partial charge in [0.1, 0.15) is 5.56 Å². The van der Waals surface area contributed by atoms with E-state index >= 15 is 0 Å². The Labute approximate surface area is 115 Å². The number of nitrogens with zero attached hydrogens (tertiary/aromatic N) is 1. The van der Waals surface area contributed by atoms with Crippen molar-refractivity contribution in [3.8, 4) is 0 Å². The Hall–Kier alpha value is -1.66. The van der Waals surface area contributed by atoms with E-state index in [4.69, 9.17) is 16.7 Å². The van der Waals surface area contributed by atoms with E-state index < -0.39 is 16.9 Å². The highest BCUT2D eigenvalue weighted by Gasteiger charge is 2.22. The first-order chi connectivity index (χ1) is 8.93. The average Bonchev–Trinajstić information content (AvgIpc) is 2.33. The fourth-order valence-electron chi connectivity index (χ4n) is 1.58. The summed E-state index contributed by atoms with van der Waals surface area (Å²) in [7, 11) is 0. The van der Waals surface area contributed by atoms with E-state index in [1.165, 1.54) is 18.2 Å². The fraction of sp³-hybridized carbons (Fsp3) is 0.417. The summed E-state index contributed by atoms with van der Waals surface area (Å²) in [6.45, 7) is 1.98. The van der Waals surface area contributed by atoms with Crippen LogP contribution in [0.2, 0.25) is 5.02 Å². The molecule has 0 spiro atoms. The van der Waals surface area contributed by atoms with Crippen LogP contribution < -0.4 is 5.32 Å². The average molecular weight is 287 g/mol. The number of amides is 1. The topological polar surface area (TPSA) is 92.5 Å².